The number of aromatic carboxylic acids is 1. The predicted octanol–water partition coefficient (Wildman–Crippen LogP) is 1.38. The largest absolute Gasteiger partial charge is 0.497 e. The predicted molar refractivity (Wildman–Crippen MR) is 71.1 cm³/mol. The van der Waals surface area contributed by atoms with Crippen molar-refractivity contribution in [1.82, 2.24) is 9.78 Å². The van der Waals surface area contributed by atoms with Gasteiger partial charge in [0.2, 0.25) is 0 Å². The fourth-order valence-electron chi connectivity index (χ4n) is 1.76. The minimum absolute atomic E-state index is 0.00261. The summed E-state index contributed by atoms with van der Waals surface area (Å²) in [5.74, 6) is -1.16. The maximum Gasteiger partial charge on any atom is 0.354 e. The number of carbonyl (C=O) groups is 2. The number of methoxy groups -OCH3 is 1. The second-order valence-corrected chi connectivity index (χ2v) is 4.02. The number of rotatable bonds is 4. The quantitative estimate of drug-likeness (QED) is 0.879. The van der Waals surface area contributed by atoms with Crippen molar-refractivity contribution in [2.45, 2.75) is 0 Å². The number of anilines is 1. The molecule has 2 N–H and O–H groups in total. The molecule has 0 aliphatic carbocycles. The van der Waals surface area contributed by atoms with Crippen molar-refractivity contribution in [3.05, 3.63) is 41.7 Å². The van der Waals surface area contributed by atoms with Crippen molar-refractivity contribution in [1.29, 1.82) is 0 Å². The van der Waals surface area contributed by atoms with Crippen LogP contribution in [0.15, 0.2) is 30.5 Å². The minimum Gasteiger partial charge on any atom is -0.497 e. The number of aryl methyl sites for hydroxylation is 1. The molecule has 0 fully saturated rings. The molecule has 0 saturated carbocycles. The fraction of sp³-hybridized carbons (Fsp3) is 0.154. The molecule has 1 heterocycles. The highest BCUT2D eigenvalue weighted by Gasteiger charge is 2.21. The Labute approximate surface area is 114 Å². The molecule has 0 unspecified atom stereocenters. The van der Waals surface area contributed by atoms with Crippen molar-refractivity contribution in [2.24, 2.45) is 7.05 Å². The number of aromatic nitrogens is 2. The summed E-state index contributed by atoms with van der Waals surface area (Å²) in [6, 6.07) is 6.77. The second-order valence-electron chi connectivity index (χ2n) is 4.02. The molecule has 2 aromatic rings. The molecule has 7 nitrogen and oxygen atoms in total. The number of carboxylic acids is 1. The average Bonchev–Trinajstić information content (AvgIpc) is 2.81. The highest BCUT2D eigenvalue weighted by molar-refractivity contribution is 6.09. The molecule has 0 radical (unpaired) electrons. The van der Waals surface area contributed by atoms with Gasteiger partial charge in [0.25, 0.3) is 5.91 Å². The molecule has 1 aromatic heterocycles. The third-order valence-electron chi connectivity index (χ3n) is 2.71. The highest BCUT2D eigenvalue weighted by atomic mass is 16.5. The molecule has 1 aromatic carbocycles. The van der Waals surface area contributed by atoms with Gasteiger partial charge in [-0.3, -0.25) is 9.48 Å². The Kier molecular flexibility index (Phi) is 3.69. The lowest BCUT2D eigenvalue weighted by atomic mass is 10.2. The summed E-state index contributed by atoms with van der Waals surface area (Å²) in [7, 11) is 2.98. The van der Waals surface area contributed by atoms with Gasteiger partial charge < -0.3 is 15.2 Å². The van der Waals surface area contributed by atoms with Crippen molar-refractivity contribution in [2.75, 3.05) is 12.4 Å². The zero-order valence-corrected chi connectivity index (χ0v) is 11.0. The van der Waals surface area contributed by atoms with Crippen LogP contribution < -0.4 is 10.1 Å². The van der Waals surface area contributed by atoms with Gasteiger partial charge in [-0.1, -0.05) is 6.07 Å². The van der Waals surface area contributed by atoms with Gasteiger partial charge >= 0.3 is 5.97 Å². The Morgan fingerprint density at radius 3 is 2.80 bits per heavy atom. The van der Waals surface area contributed by atoms with E-state index in [1.54, 1.807) is 24.3 Å². The summed E-state index contributed by atoms with van der Waals surface area (Å²) < 4.78 is 6.19. The van der Waals surface area contributed by atoms with E-state index in [0.717, 1.165) is 4.68 Å². The van der Waals surface area contributed by atoms with Crippen LogP contribution in [0.1, 0.15) is 20.8 Å². The minimum atomic E-state index is -1.21. The first-order chi connectivity index (χ1) is 9.52. The summed E-state index contributed by atoms with van der Waals surface area (Å²) in [5, 5.41) is 15.5. The molecule has 7 heteroatoms. The Morgan fingerprint density at radius 1 is 1.40 bits per heavy atom. The highest BCUT2D eigenvalue weighted by Crippen LogP contribution is 2.18. The summed E-state index contributed by atoms with van der Waals surface area (Å²) in [4.78, 5) is 23.2. The van der Waals surface area contributed by atoms with E-state index in [-0.39, 0.29) is 11.3 Å². The normalized spacial score (nSPS) is 10.1. The smallest absolute Gasteiger partial charge is 0.354 e. The lowest BCUT2D eigenvalue weighted by molar-refractivity contribution is 0.0680. The van der Waals surface area contributed by atoms with Crippen molar-refractivity contribution < 1.29 is 19.4 Å². The van der Waals surface area contributed by atoms with Crippen LogP contribution in [0.2, 0.25) is 0 Å². The Balaban J connectivity index is 2.26. The summed E-state index contributed by atoms with van der Waals surface area (Å²) in [6.45, 7) is 0. The zero-order valence-electron chi connectivity index (χ0n) is 11.0. The summed E-state index contributed by atoms with van der Waals surface area (Å²) in [5.41, 5.74) is 0.350. The number of carboxylic acid groups (broad SMARTS) is 1. The van der Waals surface area contributed by atoms with Gasteiger partial charge in [0.1, 0.15) is 5.75 Å². The Morgan fingerprint density at radius 2 is 2.15 bits per heavy atom. The Hall–Kier alpha value is -2.83. The number of ether oxygens (including phenoxy) is 1. The van der Waals surface area contributed by atoms with Crippen LogP contribution in [0.3, 0.4) is 0 Å². The van der Waals surface area contributed by atoms with E-state index < -0.39 is 11.9 Å². The van der Waals surface area contributed by atoms with Crippen LogP contribution in [-0.4, -0.2) is 33.9 Å². The van der Waals surface area contributed by atoms with Gasteiger partial charge in [0, 0.05) is 18.8 Å². The van der Waals surface area contributed by atoms with Crippen molar-refractivity contribution in [3.63, 3.8) is 0 Å². The first-order valence-corrected chi connectivity index (χ1v) is 5.73. The molecule has 0 aliphatic rings. The lowest BCUT2D eigenvalue weighted by Gasteiger charge is -2.06. The van der Waals surface area contributed by atoms with Crippen LogP contribution in [0.5, 0.6) is 5.75 Å². The van der Waals surface area contributed by atoms with E-state index in [4.69, 9.17) is 9.84 Å². The molecule has 20 heavy (non-hydrogen) atoms. The van der Waals surface area contributed by atoms with E-state index in [0.29, 0.717) is 11.4 Å². The number of hydrogen-bond acceptors (Lipinski definition) is 4. The van der Waals surface area contributed by atoms with Crippen LogP contribution in [0.25, 0.3) is 0 Å². The molecule has 2 rings (SSSR count). The van der Waals surface area contributed by atoms with Gasteiger partial charge in [-0.2, -0.15) is 5.10 Å². The van der Waals surface area contributed by atoms with Gasteiger partial charge in [-0.25, -0.2) is 4.79 Å². The van der Waals surface area contributed by atoms with E-state index in [9.17, 15) is 9.59 Å². The number of benzene rings is 1. The maximum absolute atomic E-state index is 12.1. The van der Waals surface area contributed by atoms with Gasteiger partial charge in [-0.15, -0.1) is 0 Å². The maximum atomic E-state index is 12.1. The molecule has 0 atom stereocenters. The van der Waals surface area contributed by atoms with Crippen molar-refractivity contribution >= 4 is 17.6 Å². The summed E-state index contributed by atoms with van der Waals surface area (Å²) in [6.07, 6.45) is 1.22. The number of nitrogens with one attached hydrogen (secondary N) is 1. The molecule has 104 valence electrons. The average molecular weight is 275 g/mol. The van der Waals surface area contributed by atoms with Gasteiger partial charge in [0.05, 0.1) is 18.9 Å². The first-order valence-electron chi connectivity index (χ1n) is 5.73. The van der Waals surface area contributed by atoms with Crippen molar-refractivity contribution in [3.8, 4) is 5.75 Å². The molecule has 0 spiro atoms. The molecule has 0 saturated heterocycles. The zero-order chi connectivity index (χ0) is 14.7. The molecule has 0 aliphatic heterocycles. The van der Waals surface area contributed by atoms with E-state index in [1.807, 2.05) is 0 Å². The van der Waals surface area contributed by atoms with Crippen LogP contribution >= 0.6 is 0 Å². The first kappa shape index (κ1) is 13.6. The van der Waals surface area contributed by atoms with E-state index in [1.165, 1.54) is 20.4 Å². The molecular weight excluding hydrogens is 262 g/mol. The number of hydrogen-bond donors (Lipinski definition) is 2. The molecule has 0 bridgehead atoms. The SMILES string of the molecule is COc1cccc(NC(=O)c2cnn(C)c2C(=O)O)c1. The third kappa shape index (κ3) is 2.61. The standard InChI is InChI=1S/C13H13N3O4/c1-16-11(13(18)19)10(7-14-16)12(17)15-8-4-3-5-9(6-8)20-2/h3-7H,1-2H3,(H,15,17)(H,18,19). The number of carbonyl (C=O) groups excluding carboxylic acids is 1. The molecular formula is C13H13N3O4. The molecule has 1 amide bonds. The number of nitrogens with zero attached hydrogens (tertiary/aromatic N) is 2. The van der Waals surface area contributed by atoms with E-state index >= 15 is 0 Å². The van der Waals surface area contributed by atoms with Crippen LogP contribution in [0, 0.1) is 0 Å². The van der Waals surface area contributed by atoms with Crippen LogP contribution in [-0.2, 0) is 7.05 Å². The van der Waals surface area contributed by atoms with Gasteiger partial charge in [-0.05, 0) is 12.1 Å². The lowest BCUT2D eigenvalue weighted by Crippen LogP contribution is -2.17. The third-order valence-corrected chi connectivity index (χ3v) is 2.71. The summed E-state index contributed by atoms with van der Waals surface area (Å²) >= 11 is 0. The van der Waals surface area contributed by atoms with Gasteiger partial charge in [0.15, 0.2) is 5.69 Å². The number of amides is 1. The monoisotopic (exact) mass is 275 g/mol. The topological polar surface area (TPSA) is 93.5 Å². The second kappa shape index (κ2) is 5.43. The van der Waals surface area contributed by atoms with Crippen LogP contribution in [0.4, 0.5) is 5.69 Å². The van der Waals surface area contributed by atoms with E-state index in [2.05, 4.69) is 10.4 Å². The Bertz CT molecular complexity index is 663. The fourth-order valence-corrected chi connectivity index (χ4v) is 1.76.